The lowest BCUT2D eigenvalue weighted by Gasteiger charge is -2.38. The van der Waals surface area contributed by atoms with Crippen molar-refractivity contribution in [3.8, 4) is 0 Å². The van der Waals surface area contributed by atoms with Crippen molar-refractivity contribution in [3.05, 3.63) is 33.8 Å². The maximum atomic E-state index is 6.30. The minimum atomic E-state index is 0.0280. The number of benzene rings is 1. The Morgan fingerprint density at radius 1 is 1.12 bits per heavy atom. The molecule has 1 aromatic carbocycles. The van der Waals surface area contributed by atoms with Gasteiger partial charge in [-0.25, -0.2) is 0 Å². The van der Waals surface area contributed by atoms with E-state index in [0.717, 1.165) is 28.5 Å². The van der Waals surface area contributed by atoms with Crippen LogP contribution in [0.15, 0.2) is 18.2 Å². The lowest BCUT2D eigenvalue weighted by molar-refractivity contribution is 0.250. The highest BCUT2D eigenvalue weighted by Gasteiger charge is 2.33. The van der Waals surface area contributed by atoms with Crippen LogP contribution in [-0.2, 0) is 5.54 Å². The molecule has 1 aliphatic carbocycles. The smallest absolute Gasteiger partial charge is 0.0457 e. The number of hydrogen-bond acceptors (Lipinski definition) is 1. The maximum Gasteiger partial charge on any atom is 0.0457 e. The fraction of sp³-hybridized carbons (Fsp3) is 0.538. The van der Waals surface area contributed by atoms with E-state index in [-0.39, 0.29) is 5.54 Å². The van der Waals surface area contributed by atoms with E-state index in [0.29, 0.717) is 0 Å². The first-order valence-corrected chi connectivity index (χ1v) is 6.58. The fourth-order valence-corrected chi connectivity index (χ4v) is 3.14. The van der Waals surface area contributed by atoms with Crippen LogP contribution < -0.4 is 5.32 Å². The highest BCUT2D eigenvalue weighted by atomic mass is 35.5. The molecule has 1 nitrogen and oxygen atoms in total. The molecule has 3 heteroatoms. The Kier molecular flexibility index (Phi) is 3.78. The van der Waals surface area contributed by atoms with Crippen molar-refractivity contribution >= 4 is 23.2 Å². The Labute approximate surface area is 107 Å². The second-order valence-electron chi connectivity index (χ2n) is 4.52. The molecule has 1 fully saturated rings. The van der Waals surface area contributed by atoms with Crippen molar-refractivity contribution in [1.29, 1.82) is 0 Å². The summed E-state index contributed by atoms with van der Waals surface area (Å²) >= 11 is 12.4. The number of rotatable bonds is 2. The third-order valence-corrected chi connectivity index (χ3v) is 4.19. The molecule has 88 valence electrons. The minimum Gasteiger partial charge on any atom is -0.310 e. The van der Waals surface area contributed by atoms with Crippen LogP contribution >= 0.6 is 23.2 Å². The van der Waals surface area contributed by atoms with Crippen molar-refractivity contribution in [3.63, 3.8) is 0 Å². The van der Waals surface area contributed by atoms with E-state index < -0.39 is 0 Å². The molecule has 0 aliphatic heterocycles. The molecule has 16 heavy (non-hydrogen) atoms. The molecule has 1 saturated carbocycles. The summed E-state index contributed by atoms with van der Waals surface area (Å²) in [6, 6.07) is 5.75. The van der Waals surface area contributed by atoms with Crippen LogP contribution in [0.3, 0.4) is 0 Å². The van der Waals surface area contributed by atoms with Gasteiger partial charge < -0.3 is 5.32 Å². The van der Waals surface area contributed by atoms with E-state index in [4.69, 9.17) is 23.2 Å². The molecular formula is C13H17Cl2N. The first-order chi connectivity index (χ1) is 7.68. The van der Waals surface area contributed by atoms with Crippen LogP contribution in [0.25, 0.3) is 0 Å². The number of halogens is 2. The third-order valence-electron chi connectivity index (χ3n) is 3.63. The van der Waals surface area contributed by atoms with E-state index in [9.17, 15) is 0 Å². The van der Waals surface area contributed by atoms with Crippen LogP contribution in [0.5, 0.6) is 0 Å². The van der Waals surface area contributed by atoms with E-state index in [1.54, 1.807) is 0 Å². The van der Waals surface area contributed by atoms with Gasteiger partial charge in [-0.1, -0.05) is 42.5 Å². The monoisotopic (exact) mass is 257 g/mol. The lowest BCUT2D eigenvalue weighted by atomic mass is 9.76. The summed E-state index contributed by atoms with van der Waals surface area (Å²) in [7, 11) is 2.02. The van der Waals surface area contributed by atoms with Crippen LogP contribution in [-0.4, -0.2) is 7.05 Å². The van der Waals surface area contributed by atoms with E-state index >= 15 is 0 Å². The zero-order valence-corrected chi connectivity index (χ0v) is 11.0. The van der Waals surface area contributed by atoms with Gasteiger partial charge >= 0.3 is 0 Å². The van der Waals surface area contributed by atoms with Crippen LogP contribution in [0.2, 0.25) is 10.0 Å². The maximum absolute atomic E-state index is 6.30. The highest BCUT2D eigenvalue weighted by molar-refractivity contribution is 6.33. The lowest BCUT2D eigenvalue weighted by Crippen LogP contribution is -2.41. The van der Waals surface area contributed by atoms with E-state index in [1.807, 2.05) is 25.2 Å². The fourth-order valence-electron chi connectivity index (χ4n) is 2.67. The average molecular weight is 258 g/mol. The van der Waals surface area contributed by atoms with Crippen molar-refractivity contribution in [2.45, 2.75) is 37.6 Å². The topological polar surface area (TPSA) is 12.0 Å². The normalized spacial score (nSPS) is 19.7. The van der Waals surface area contributed by atoms with Gasteiger partial charge in [0.15, 0.2) is 0 Å². The highest BCUT2D eigenvalue weighted by Crippen LogP contribution is 2.40. The quantitative estimate of drug-likeness (QED) is 0.830. The van der Waals surface area contributed by atoms with Crippen LogP contribution in [0.1, 0.15) is 37.7 Å². The SMILES string of the molecule is CNC1(c2cc(Cl)ccc2Cl)CCCCC1. The van der Waals surface area contributed by atoms with Gasteiger partial charge in [0, 0.05) is 15.6 Å². The molecule has 0 radical (unpaired) electrons. The van der Waals surface area contributed by atoms with Gasteiger partial charge in [-0.05, 0) is 43.7 Å². The first kappa shape index (κ1) is 12.2. The van der Waals surface area contributed by atoms with Gasteiger partial charge in [0.1, 0.15) is 0 Å². The number of nitrogens with one attached hydrogen (secondary N) is 1. The summed E-state index contributed by atoms with van der Waals surface area (Å²) < 4.78 is 0. The Balaban J connectivity index is 2.42. The zero-order valence-electron chi connectivity index (χ0n) is 9.52. The van der Waals surface area contributed by atoms with Crippen molar-refractivity contribution in [2.24, 2.45) is 0 Å². The van der Waals surface area contributed by atoms with Crippen molar-refractivity contribution < 1.29 is 0 Å². The Hall–Kier alpha value is -0.240. The van der Waals surface area contributed by atoms with E-state index in [1.165, 1.54) is 19.3 Å². The summed E-state index contributed by atoms with van der Waals surface area (Å²) in [4.78, 5) is 0. The standard InChI is InChI=1S/C13H17Cl2N/c1-16-13(7-3-2-4-8-13)11-9-10(14)5-6-12(11)15/h5-6,9,16H,2-4,7-8H2,1H3. The molecule has 0 bridgehead atoms. The zero-order chi connectivity index (χ0) is 11.6. The molecule has 0 heterocycles. The Bertz CT molecular complexity index is 370. The minimum absolute atomic E-state index is 0.0280. The predicted octanol–water partition coefficient (Wildman–Crippen LogP) is 4.37. The summed E-state index contributed by atoms with van der Waals surface area (Å²) in [5, 5.41) is 5.04. The number of hydrogen-bond donors (Lipinski definition) is 1. The molecule has 0 saturated heterocycles. The molecule has 0 atom stereocenters. The molecular weight excluding hydrogens is 241 g/mol. The molecule has 1 aromatic rings. The summed E-state index contributed by atoms with van der Waals surface area (Å²) in [6.07, 6.45) is 6.11. The molecule has 0 amide bonds. The third kappa shape index (κ3) is 2.22. The summed E-state index contributed by atoms with van der Waals surface area (Å²) in [6.45, 7) is 0. The first-order valence-electron chi connectivity index (χ1n) is 5.82. The largest absolute Gasteiger partial charge is 0.310 e. The van der Waals surface area contributed by atoms with Gasteiger partial charge in [0.05, 0.1) is 0 Å². The second kappa shape index (κ2) is 4.95. The molecule has 1 aliphatic rings. The predicted molar refractivity (Wildman–Crippen MR) is 70.3 cm³/mol. The molecule has 0 unspecified atom stereocenters. The molecule has 0 aromatic heterocycles. The van der Waals surface area contributed by atoms with Crippen LogP contribution in [0.4, 0.5) is 0 Å². The summed E-state index contributed by atoms with van der Waals surface area (Å²) in [5.41, 5.74) is 1.18. The average Bonchev–Trinajstić information content (AvgIpc) is 2.33. The summed E-state index contributed by atoms with van der Waals surface area (Å²) in [5.74, 6) is 0. The van der Waals surface area contributed by atoms with Gasteiger partial charge in [0.2, 0.25) is 0 Å². The van der Waals surface area contributed by atoms with Crippen molar-refractivity contribution in [1.82, 2.24) is 5.32 Å². The second-order valence-corrected chi connectivity index (χ2v) is 5.36. The Morgan fingerprint density at radius 2 is 1.81 bits per heavy atom. The molecule has 2 rings (SSSR count). The van der Waals surface area contributed by atoms with Gasteiger partial charge in [0.25, 0.3) is 0 Å². The molecule has 0 spiro atoms. The van der Waals surface area contributed by atoms with Gasteiger partial charge in [-0.15, -0.1) is 0 Å². The Morgan fingerprint density at radius 3 is 2.44 bits per heavy atom. The van der Waals surface area contributed by atoms with Gasteiger partial charge in [-0.2, -0.15) is 0 Å². The molecule has 1 N–H and O–H groups in total. The van der Waals surface area contributed by atoms with Crippen molar-refractivity contribution in [2.75, 3.05) is 7.05 Å². The van der Waals surface area contributed by atoms with Gasteiger partial charge in [-0.3, -0.25) is 0 Å². The van der Waals surface area contributed by atoms with E-state index in [2.05, 4.69) is 5.32 Å². The van der Waals surface area contributed by atoms with Crippen LogP contribution in [0, 0.1) is 0 Å².